The maximum atomic E-state index is 5.51. The smallest absolute Gasteiger partial charge is 0.126 e. The minimum atomic E-state index is 0.398. The summed E-state index contributed by atoms with van der Waals surface area (Å²) in [5.74, 6) is 1.76. The van der Waals surface area contributed by atoms with E-state index in [0.29, 0.717) is 11.0 Å². The molecule has 0 aliphatic heterocycles. The maximum Gasteiger partial charge on any atom is 0.126 e. The van der Waals surface area contributed by atoms with Crippen LogP contribution in [-0.4, -0.2) is 16.0 Å². The quantitative estimate of drug-likeness (QED) is 0.769. The van der Waals surface area contributed by atoms with Crippen molar-refractivity contribution in [3.8, 4) is 0 Å². The minimum Gasteiger partial charge on any atom is -0.389 e. The molecule has 1 aliphatic carbocycles. The van der Waals surface area contributed by atoms with Crippen LogP contribution < -0.4 is 11.1 Å². The van der Waals surface area contributed by atoms with Gasteiger partial charge in [0.1, 0.15) is 10.8 Å². The summed E-state index contributed by atoms with van der Waals surface area (Å²) in [6, 6.07) is 4.47. The molecule has 0 saturated heterocycles. The summed E-state index contributed by atoms with van der Waals surface area (Å²) >= 11 is 4.88. The molecule has 0 radical (unpaired) electrons. The number of aromatic nitrogens is 1. The van der Waals surface area contributed by atoms with Crippen LogP contribution in [-0.2, 0) is 0 Å². The van der Waals surface area contributed by atoms with Gasteiger partial charge >= 0.3 is 0 Å². The second kappa shape index (κ2) is 4.78. The Kier molecular flexibility index (Phi) is 3.39. The van der Waals surface area contributed by atoms with Crippen molar-refractivity contribution in [1.29, 1.82) is 0 Å². The van der Waals surface area contributed by atoms with Crippen molar-refractivity contribution in [2.24, 2.45) is 11.7 Å². The van der Waals surface area contributed by atoms with Gasteiger partial charge in [0.05, 0.1) is 0 Å². The van der Waals surface area contributed by atoms with Gasteiger partial charge in [0, 0.05) is 17.8 Å². The van der Waals surface area contributed by atoms with Crippen molar-refractivity contribution in [2.45, 2.75) is 32.2 Å². The van der Waals surface area contributed by atoms with Crippen LogP contribution in [0.15, 0.2) is 18.3 Å². The Bertz CT molecular complexity index is 374. The number of rotatable bonds is 5. The highest BCUT2D eigenvalue weighted by Gasteiger charge is 2.35. The highest BCUT2D eigenvalue weighted by molar-refractivity contribution is 7.80. The summed E-state index contributed by atoms with van der Waals surface area (Å²) in [5, 5.41) is 3.42. The van der Waals surface area contributed by atoms with E-state index in [1.165, 1.54) is 19.3 Å². The largest absolute Gasteiger partial charge is 0.389 e. The van der Waals surface area contributed by atoms with E-state index in [4.69, 9.17) is 18.0 Å². The van der Waals surface area contributed by atoms with Crippen LogP contribution in [0.3, 0.4) is 0 Å². The van der Waals surface area contributed by atoms with Gasteiger partial charge in [-0.1, -0.05) is 25.6 Å². The number of pyridine rings is 1. The second-order valence-electron chi connectivity index (χ2n) is 4.33. The molecule has 3 nitrogen and oxygen atoms in total. The molecular formula is C12H17N3S. The lowest BCUT2D eigenvalue weighted by atomic mass is 10.2. The number of hydrogen-bond acceptors (Lipinski definition) is 3. The third-order valence-corrected chi connectivity index (χ3v) is 3.20. The van der Waals surface area contributed by atoms with Crippen molar-refractivity contribution in [3.05, 3.63) is 23.9 Å². The first-order valence-electron chi connectivity index (χ1n) is 5.73. The van der Waals surface area contributed by atoms with Crippen molar-refractivity contribution in [3.63, 3.8) is 0 Å². The van der Waals surface area contributed by atoms with Gasteiger partial charge in [-0.3, -0.25) is 0 Å². The van der Waals surface area contributed by atoms with E-state index in [9.17, 15) is 0 Å². The molecule has 3 N–H and O–H groups in total. The molecule has 0 bridgehead atoms. The van der Waals surface area contributed by atoms with E-state index in [0.717, 1.165) is 17.3 Å². The molecule has 1 heterocycles. The topological polar surface area (TPSA) is 50.9 Å². The Balaban J connectivity index is 1.89. The Morgan fingerprint density at radius 3 is 3.00 bits per heavy atom. The van der Waals surface area contributed by atoms with Gasteiger partial charge in [-0.2, -0.15) is 0 Å². The summed E-state index contributed by atoms with van der Waals surface area (Å²) in [5.41, 5.74) is 6.33. The summed E-state index contributed by atoms with van der Waals surface area (Å²) in [7, 11) is 0. The predicted octanol–water partition coefficient (Wildman–Crippen LogP) is 2.32. The Morgan fingerprint density at radius 1 is 1.62 bits per heavy atom. The molecule has 1 aromatic heterocycles. The molecule has 0 spiro atoms. The summed E-state index contributed by atoms with van der Waals surface area (Å²) < 4.78 is 0. The Morgan fingerprint density at radius 2 is 2.44 bits per heavy atom. The number of nitrogens with two attached hydrogens (primary N) is 1. The number of nitrogens with zero attached hydrogens (tertiary/aromatic N) is 1. The van der Waals surface area contributed by atoms with E-state index in [1.807, 2.05) is 12.1 Å². The van der Waals surface area contributed by atoms with Gasteiger partial charge in [0.2, 0.25) is 0 Å². The predicted molar refractivity (Wildman–Crippen MR) is 70.6 cm³/mol. The van der Waals surface area contributed by atoms with Crippen LogP contribution in [0.5, 0.6) is 0 Å². The molecule has 2 unspecified atom stereocenters. The number of nitrogens with one attached hydrogen (secondary N) is 1. The van der Waals surface area contributed by atoms with Gasteiger partial charge < -0.3 is 11.1 Å². The summed E-state index contributed by atoms with van der Waals surface area (Å²) in [6.07, 6.45) is 5.56. The van der Waals surface area contributed by atoms with Gasteiger partial charge in [-0.25, -0.2) is 4.98 Å². The minimum absolute atomic E-state index is 0.398. The van der Waals surface area contributed by atoms with E-state index in [-0.39, 0.29) is 0 Å². The lowest BCUT2D eigenvalue weighted by molar-refractivity contribution is 0.692. The van der Waals surface area contributed by atoms with Gasteiger partial charge in [-0.05, 0) is 30.9 Å². The van der Waals surface area contributed by atoms with Gasteiger partial charge in [0.25, 0.3) is 0 Å². The number of hydrogen-bond donors (Lipinski definition) is 2. The summed E-state index contributed by atoms with van der Waals surface area (Å²) in [4.78, 5) is 4.69. The number of thiocarbonyl (C=S) groups is 1. The lowest BCUT2D eigenvalue weighted by Crippen LogP contribution is -2.11. The first kappa shape index (κ1) is 11.3. The molecule has 0 amide bonds. The molecule has 1 aromatic rings. The molecule has 86 valence electrons. The van der Waals surface area contributed by atoms with Crippen LogP contribution in [0.2, 0.25) is 0 Å². The first-order valence-corrected chi connectivity index (χ1v) is 6.14. The molecule has 1 saturated carbocycles. The van der Waals surface area contributed by atoms with Crippen molar-refractivity contribution in [1.82, 2.24) is 4.98 Å². The van der Waals surface area contributed by atoms with Crippen LogP contribution >= 0.6 is 12.2 Å². The SMILES string of the molecule is CCCC1CC1Nc1ccc(C(N)=S)cn1. The fourth-order valence-corrected chi connectivity index (χ4v) is 2.05. The maximum absolute atomic E-state index is 5.51. The van der Waals surface area contributed by atoms with Crippen molar-refractivity contribution >= 4 is 23.0 Å². The van der Waals surface area contributed by atoms with Gasteiger partial charge in [-0.15, -0.1) is 0 Å². The number of anilines is 1. The van der Waals surface area contributed by atoms with Crippen molar-refractivity contribution in [2.75, 3.05) is 5.32 Å². The van der Waals surface area contributed by atoms with Crippen LogP contribution in [0.4, 0.5) is 5.82 Å². The van der Waals surface area contributed by atoms with E-state index in [1.54, 1.807) is 6.20 Å². The molecule has 1 aliphatic rings. The van der Waals surface area contributed by atoms with Gasteiger partial charge in [0.15, 0.2) is 0 Å². The van der Waals surface area contributed by atoms with Crippen molar-refractivity contribution < 1.29 is 0 Å². The molecule has 2 rings (SSSR count). The van der Waals surface area contributed by atoms with E-state index >= 15 is 0 Å². The monoisotopic (exact) mass is 235 g/mol. The molecular weight excluding hydrogens is 218 g/mol. The first-order chi connectivity index (χ1) is 7.70. The van der Waals surface area contributed by atoms with E-state index < -0.39 is 0 Å². The zero-order valence-corrected chi connectivity index (χ0v) is 10.3. The summed E-state index contributed by atoms with van der Waals surface area (Å²) in [6.45, 7) is 2.23. The zero-order valence-electron chi connectivity index (χ0n) is 9.44. The highest BCUT2D eigenvalue weighted by Crippen LogP contribution is 2.36. The highest BCUT2D eigenvalue weighted by atomic mass is 32.1. The Hall–Kier alpha value is -1.16. The normalized spacial score (nSPS) is 22.8. The molecule has 2 atom stereocenters. The third-order valence-electron chi connectivity index (χ3n) is 2.96. The zero-order chi connectivity index (χ0) is 11.5. The molecule has 1 fully saturated rings. The molecule has 0 aromatic carbocycles. The third kappa shape index (κ3) is 2.70. The van der Waals surface area contributed by atoms with Crippen LogP contribution in [0, 0.1) is 5.92 Å². The van der Waals surface area contributed by atoms with Crippen LogP contribution in [0.25, 0.3) is 0 Å². The fraction of sp³-hybridized carbons (Fsp3) is 0.500. The lowest BCUT2D eigenvalue weighted by Gasteiger charge is -2.05. The fourth-order valence-electron chi connectivity index (χ4n) is 1.93. The average Bonchev–Trinajstić information content (AvgIpc) is 2.98. The standard InChI is InChI=1S/C12H17N3S/c1-2-3-8-6-10(8)15-11-5-4-9(7-14-11)12(13)16/h4-5,7-8,10H,2-3,6H2,1H3,(H2,13,16)(H,14,15). The Labute approximate surface area is 101 Å². The molecule has 16 heavy (non-hydrogen) atoms. The van der Waals surface area contributed by atoms with E-state index in [2.05, 4.69) is 17.2 Å². The molecule has 4 heteroatoms. The van der Waals surface area contributed by atoms with Crippen LogP contribution in [0.1, 0.15) is 31.7 Å². The average molecular weight is 235 g/mol. The second-order valence-corrected chi connectivity index (χ2v) is 4.77.